The first-order chi connectivity index (χ1) is 11.7. The third-order valence-electron chi connectivity index (χ3n) is 3.53. The molecule has 0 saturated heterocycles. The lowest BCUT2D eigenvalue weighted by molar-refractivity contribution is 0.104. The number of carbonyl (C=O) groups is 1. The molecule has 0 atom stereocenters. The van der Waals surface area contributed by atoms with Gasteiger partial charge in [-0.3, -0.25) is 4.79 Å². The number of hydrogen-bond donors (Lipinski definition) is 1. The van der Waals surface area contributed by atoms with Crippen molar-refractivity contribution < 1.29 is 4.79 Å². The van der Waals surface area contributed by atoms with Crippen LogP contribution in [0.15, 0.2) is 84.9 Å². The molecule has 0 bridgehead atoms. The number of hydrogen-bond acceptors (Lipinski definition) is 2. The topological polar surface area (TPSA) is 29.1 Å². The Balaban J connectivity index is 1.66. The summed E-state index contributed by atoms with van der Waals surface area (Å²) in [5, 5.41) is 3.97. The van der Waals surface area contributed by atoms with Crippen LogP contribution in [-0.2, 0) is 0 Å². The predicted octanol–water partition coefficient (Wildman–Crippen LogP) is 5.98. The van der Waals surface area contributed by atoms with Crippen molar-refractivity contribution in [2.45, 2.75) is 0 Å². The van der Waals surface area contributed by atoms with Crippen molar-refractivity contribution in [2.24, 2.45) is 0 Å². The van der Waals surface area contributed by atoms with Gasteiger partial charge in [0, 0.05) is 22.0 Å². The van der Waals surface area contributed by atoms with E-state index in [4.69, 9.17) is 11.6 Å². The summed E-state index contributed by atoms with van der Waals surface area (Å²) in [5.74, 6) is -0.0313. The average Bonchev–Trinajstić information content (AvgIpc) is 2.62. The Kier molecular flexibility index (Phi) is 5.09. The Hall–Kier alpha value is -2.84. The molecule has 24 heavy (non-hydrogen) atoms. The minimum atomic E-state index is -0.0313. The third kappa shape index (κ3) is 4.34. The number of allylic oxidation sites excluding steroid dienone is 1. The van der Waals surface area contributed by atoms with Gasteiger partial charge in [0.15, 0.2) is 5.78 Å². The van der Waals surface area contributed by atoms with Gasteiger partial charge in [-0.1, -0.05) is 48.0 Å². The summed E-state index contributed by atoms with van der Waals surface area (Å²) in [6, 6.07) is 24.7. The monoisotopic (exact) mass is 333 g/mol. The summed E-state index contributed by atoms with van der Waals surface area (Å²) >= 11 is 5.85. The zero-order chi connectivity index (χ0) is 16.8. The van der Waals surface area contributed by atoms with Crippen molar-refractivity contribution in [3.8, 4) is 0 Å². The first-order valence-electron chi connectivity index (χ1n) is 7.61. The van der Waals surface area contributed by atoms with E-state index in [1.54, 1.807) is 24.3 Å². The Morgan fingerprint density at radius 2 is 1.42 bits per heavy atom. The molecule has 0 unspecified atom stereocenters. The van der Waals surface area contributed by atoms with Gasteiger partial charge in [0.2, 0.25) is 0 Å². The van der Waals surface area contributed by atoms with Gasteiger partial charge >= 0.3 is 0 Å². The smallest absolute Gasteiger partial charge is 0.185 e. The fraction of sp³-hybridized carbons (Fsp3) is 0. The molecule has 3 rings (SSSR count). The maximum atomic E-state index is 12.2. The normalized spacial score (nSPS) is 10.7. The van der Waals surface area contributed by atoms with E-state index in [0.29, 0.717) is 10.6 Å². The maximum Gasteiger partial charge on any atom is 0.185 e. The highest BCUT2D eigenvalue weighted by molar-refractivity contribution is 6.30. The summed E-state index contributed by atoms with van der Waals surface area (Å²) in [5.41, 5.74) is 3.55. The summed E-state index contributed by atoms with van der Waals surface area (Å²) in [7, 11) is 0. The van der Waals surface area contributed by atoms with Crippen molar-refractivity contribution in [3.05, 3.63) is 101 Å². The van der Waals surface area contributed by atoms with Gasteiger partial charge in [-0.25, -0.2) is 0 Å². The summed E-state index contributed by atoms with van der Waals surface area (Å²) in [6.07, 6.45) is 3.36. The van der Waals surface area contributed by atoms with E-state index < -0.39 is 0 Å². The van der Waals surface area contributed by atoms with Gasteiger partial charge in [0.1, 0.15) is 0 Å². The van der Waals surface area contributed by atoms with Crippen LogP contribution in [0, 0.1) is 0 Å². The molecule has 0 aliphatic carbocycles. The summed E-state index contributed by atoms with van der Waals surface area (Å²) in [4.78, 5) is 12.2. The van der Waals surface area contributed by atoms with E-state index in [2.05, 4.69) is 5.32 Å². The third-order valence-corrected chi connectivity index (χ3v) is 3.78. The number of ketones is 1. The maximum absolute atomic E-state index is 12.2. The summed E-state index contributed by atoms with van der Waals surface area (Å²) in [6.45, 7) is 0. The lowest BCUT2D eigenvalue weighted by Gasteiger charge is -2.06. The standard InChI is InChI=1S/C21H16ClNO/c22-18-11-6-16(7-12-18)8-15-21(24)17-9-13-20(14-10-17)23-19-4-2-1-3-5-19/h1-15,23H. The molecule has 0 heterocycles. The van der Waals surface area contributed by atoms with Gasteiger partial charge in [-0.15, -0.1) is 0 Å². The van der Waals surface area contributed by atoms with Crippen LogP contribution in [0.2, 0.25) is 5.02 Å². The molecule has 2 nitrogen and oxygen atoms in total. The molecule has 1 N–H and O–H groups in total. The molecule has 3 aromatic rings. The number of nitrogens with one attached hydrogen (secondary N) is 1. The molecule has 0 aliphatic rings. The van der Waals surface area contributed by atoms with Crippen LogP contribution >= 0.6 is 11.6 Å². The lowest BCUT2D eigenvalue weighted by Crippen LogP contribution is -1.95. The van der Waals surface area contributed by atoms with Crippen LogP contribution in [0.3, 0.4) is 0 Å². The Labute approximate surface area is 146 Å². The van der Waals surface area contributed by atoms with E-state index in [-0.39, 0.29) is 5.78 Å². The highest BCUT2D eigenvalue weighted by Gasteiger charge is 2.02. The zero-order valence-corrected chi connectivity index (χ0v) is 13.7. The number of benzene rings is 3. The molecule has 0 aliphatic heterocycles. The quantitative estimate of drug-likeness (QED) is 0.459. The van der Waals surface area contributed by atoms with Crippen LogP contribution < -0.4 is 5.32 Å². The molecule has 0 fully saturated rings. The number of halogens is 1. The molecule has 118 valence electrons. The van der Waals surface area contributed by atoms with Gasteiger partial charge in [0.05, 0.1) is 0 Å². The minimum absolute atomic E-state index is 0.0313. The van der Waals surface area contributed by atoms with Crippen LogP contribution in [0.5, 0.6) is 0 Å². The fourth-order valence-corrected chi connectivity index (χ4v) is 2.37. The molecule has 0 spiro atoms. The number of para-hydroxylation sites is 1. The minimum Gasteiger partial charge on any atom is -0.356 e. The van der Waals surface area contributed by atoms with Gasteiger partial charge in [0.25, 0.3) is 0 Å². The van der Waals surface area contributed by atoms with Crippen LogP contribution in [-0.4, -0.2) is 5.78 Å². The van der Waals surface area contributed by atoms with Crippen molar-refractivity contribution in [1.29, 1.82) is 0 Å². The van der Waals surface area contributed by atoms with E-state index in [1.165, 1.54) is 0 Å². The van der Waals surface area contributed by atoms with Crippen LogP contribution in [0.25, 0.3) is 6.08 Å². The second-order valence-electron chi connectivity index (χ2n) is 5.32. The molecule has 0 saturated carbocycles. The molecule has 0 aromatic heterocycles. The molecule has 0 radical (unpaired) electrons. The van der Waals surface area contributed by atoms with E-state index in [1.807, 2.05) is 66.7 Å². The van der Waals surface area contributed by atoms with Crippen molar-refractivity contribution in [2.75, 3.05) is 5.32 Å². The zero-order valence-electron chi connectivity index (χ0n) is 12.9. The first-order valence-corrected chi connectivity index (χ1v) is 7.99. The number of rotatable bonds is 5. The van der Waals surface area contributed by atoms with E-state index in [0.717, 1.165) is 16.9 Å². The van der Waals surface area contributed by atoms with Gasteiger partial charge in [-0.05, 0) is 60.2 Å². The molecular formula is C21H16ClNO. The highest BCUT2D eigenvalue weighted by atomic mass is 35.5. The molecule has 3 aromatic carbocycles. The Morgan fingerprint density at radius 1 is 0.792 bits per heavy atom. The fourth-order valence-electron chi connectivity index (χ4n) is 2.25. The number of anilines is 2. The highest BCUT2D eigenvalue weighted by Crippen LogP contribution is 2.17. The second-order valence-corrected chi connectivity index (χ2v) is 5.75. The van der Waals surface area contributed by atoms with Crippen LogP contribution in [0.4, 0.5) is 11.4 Å². The lowest BCUT2D eigenvalue weighted by atomic mass is 10.1. The average molecular weight is 334 g/mol. The van der Waals surface area contributed by atoms with Gasteiger partial charge < -0.3 is 5.32 Å². The molecule has 3 heteroatoms. The van der Waals surface area contributed by atoms with Crippen molar-refractivity contribution >= 4 is 34.8 Å². The largest absolute Gasteiger partial charge is 0.356 e. The van der Waals surface area contributed by atoms with Crippen LogP contribution in [0.1, 0.15) is 15.9 Å². The predicted molar refractivity (Wildman–Crippen MR) is 101 cm³/mol. The SMILES string of the molecule is O=C(C=Cc1ccc(Cl)cc1)c1ccc(Nc2ccccc2)cc1. The first kappa shape index (κ1) is 16.0. The van der Waals surface area contributed by atoms with E-state index in [9.17, 15) is 4.79 Å². The second kappa shape index (κ2) is 7.62. The van der Waals surface area contributed by atoms with Crippen molar-refractivity contribution in [1.82, 2.24) is 0 Å². The summed E-state index contributed by atoms with van der Waals surface area (Å²) < 4.78 is 0. The van der Waals surface area contributed by atoms with Crippen molar-refractivity contribution in [3.63, 3.8) is 0 Å². The Morgan fingerprint density at radius 3 is 2.08 bits per heavy atom. The van der Waals surface area contributed by atoms with E-state index >= 15 is 0 Å². The molecule has 0 amide bonds. The Bertz CT molecular complexity index is 837. The molecular weight excluding hydrogens is 318 g/mol. The number of carbonyl (C=O) groups excluding carboxylic acids is 1. The van der Waals surface area contributed by atoms with Gasteiger partial charge in [-0.2, -0.15) is 0 Å².